The second-order valence-electron chi connectivity index (χ2n) is 3.68. The summed E-state index contributed by atoms with van der Waals surface area (Å²) < 4.78 is 134. The lowest BCUT2D eigenvalue weighted by Crippen LogP contribution is -1.96. The molecule has 19 heteroatoms. The van der Waals surface area contributed by atoms with Crippen LogP contribution < -0.4 is 0 Å². The standard InChI is InChI=1S/C4H9F3O4P2.C2H4F4O4P2/c1-12(5,8)10-3-2-4-11-13(6,7)9;3-11(4,7)9-1-2-10-12(5,6)8/h2-4H2,1H3;1-2H2. The highest BCUT2D eigenvalue weighted by molar-refractivity contribution is 7.52. The highest BCUT2D eigenvalue weighted by Gasteiger charge is 2.23. The lowest BCUT2D eigenvalue weighted by Gasteiger charge is -2.04. The minimum Gasteiger partial charge on any atom is -0.306 e. The maximum absolute atomic E-state index is 12.1. The van der Waals surface area contributed by atoms with Crippen LogP contribution in [0.1, 0.15) is 6.42 Å². The first-order chi connectivity index (χ1) is 10.9. The van der Waals surface area contributed by atoms with E-state index in [1.54, 1.807) is 0 Å². The Morgan fingerprint density at radius 3 is 1.12 bits per heavy atom. The molecule has 1 atom stereocenters. The lowest BCUT2D eigenvalue weighted by molar-refractivity contribution is 0.176. The fourth-order valence-corrected chi connectivity index (χ4v) is 2.12. The first-order valence-corrected chi connectivity index (χ1v) is 11.9. The summed E-state index contributed by atoms with van der Waals surface area (Å²) >= 11 is 0. The van der Waals surface area contributed by atoms with Gasteiger partial charge >= 0.3 is 31.7 Å². The van der Waals surface area contributed by atoms with Crippen LogP contribution in [0.4, 0.5) is 29.4 Å². The molecular formula is C6H13F7O8P4. The smallest absolute Gasteiger partial charge is 0.306 e. The molecule has 154 valence electrons. The van der Waals surface area contributed by atoms with E-state index in [0.717, 1.165) is 6.66 Å². The van der Waals surface area contributed by atoms with Crippen LogP contribution in [-0.2, 0) is 36.4 Å². The van der Waals surface area contributed by atoms with Gasteiger partial charge < -0.3 is 4.52 Å². The third kappa shape index (κ3) is 32.4. The van der Waals surface area contributed by atoms with Gasteiger partial charge in [-0.3, -0.25) is 18.1 Å². The zero-order valence-electron chi connectivity index (χ0n) is 12.2. The van der Waals surface area contributed by atoms with Gasteiger partial charge in [-0.1, -0.05) is 0 Å². The average Bonchev–Trinajstić information content (AvgIpc) is 2.30. The first-order valence-electron chi connectivity index (χ1n) is 5.75. The number of rotatable bonds is 11. The van der Waals surface area contributed by atoms with Gasteiger partial charge in [0.1, 0.15) is 0 Å². The molecule has 0 aromatic rings. The summed E-state index contributed by atoms with van der Waals surface area (Å²) in [5.41, 5.74) is 0. The Kier molecular flexibility index (Phi) is 13.1. The van der Waals surface area contributed by atoms with Gasteiger partial charge in [0.25, 0.3) is 0 Å². The number of halogens is 7. The van der Waals surface area contributed by atoms with Gasteiger partial charge in [-0.25, -0.2) is 13.7 Å². The fourth-order valence-electron chi connectivity index (χ4n) is 0.744. The van der Waals surface area contributed by atoms with Crippen molar-refractivity contribution in [3.63, 3.8) is 0 Å². The molecule has 0 aliphatic rings. The summed E-state index contributed by atoms with van der Waals surface area (Å²) in [5.74, 6) is 0. The quantitative estimate of drug-likeness (QED) is 0.195. The predicted molar refractivity (Wildman–Crippen MR) is 72.5 cm³/mol. The van der Waals surface area contributed by atoms with E-state index in [2.05, 4.69) is 18.1 Å². The Balaban J connectivity index is 0. The van der Waals surface area contributed by atoms with Crippen molar-refractivity contribution < 1.29 is 65.7 Å². The van der Waals surface area contributed by atoms with Crippen molar-refractivity contribution in [1.29, 1.82) is 0 Å². The molecule has 0 aliphatic heterocycles. The molecule has 8 nitrogen and oxygen atoms in total. The maximum Gasteiger partial charge on any atom is 0.552 e. The second kappa shape index (κ2) is 11.9. The summed E-state index contributed by atoms with van der Waals surface area (Å²) in [6.45, 7) is -2.08. The van der Waals surface area contributed by atoms with Gasteiger partial charge in [-0.15, -0.1) is 25.2 Å². The zero-order valence-corrected chi connectivity index (χ0v) is 15.8. The molecule has 1 unspecified atom stereocenters. The molecule has 0 saturated carbocycles. The summed E-state index contributed by atoms with van der Waals surface area (Å²) in [5, 5.41) is 0. The molecule has 0 rings (SSSR count). The minimum absolute atomic E-state index is 0.0976. The average molecular weight is 470 g/mol. The van der Waals surface area contributed by atoms with Crippen molar-refractivity contribution in [1.82, 2.24) is 0 Å². The number of hydrogen-bond donors (Lipinski definition) is 0. The maximum atomic E-state index is 12.1. The highest BCUT2D eigenvalue weighted by Crippen LogP contribution is 2.52. The molecule has 0 N–H and O–H groups in total. The molecule has 0 amide bonds. The Morgan fingerprint density at radius 2 is 0.840 bits per heavy atom. The third-order valence-electron chi connectivity index (χ3n) is 1.42. The van der Waals surface area contributed by atoms with E-state index in [1.165, 1.54) is 0 Å². The first kappa shape index (κ1) is 27.5. The molecule has 0 radical (unpaired) electrons. The zero-order chi connectivity index (χ0) is 20.4. The van der Waals surface area contributed by atoms with Crippen LogP contribution in [-0.4, -0.2) is 33.1 Å². The molecule has 25 heavy (non-hydrogen) atoms. The molecule has 0 aromatic carbocycles. The molecule has 0 spiro atoms. The lowest BCUT2D eigenvalue weighted by atomic mass is 10.5. The van der Waals surface area contributed by atoms with E-state index in [0.29, 0.717) is 0 Å². The summed E-state index contributed by atoms with van der Waals surface area (Å²) in [6, 6.07) is 0. The second-order valence-corrected chi connectivity index (χ2v) is 8.69. The van der Waals surface area contributed by atoms with Gasteiger partial charge in [0, 0.05) is 6.66 Å². The summed E-state index contributed by atoms with van der Waals surface area (Å²) in [4.78, 5) is 0. The van der Waals surface area contributed by atoms with Crippen LogP contribution in [0.2, 0.25) is 0 Å². The van der Waals surface area contributed by atoms with Crippen molar-refractivity contribution >= 4 is 31.7 Å². The number of hydrogen-bond acceptors (Lipinski definition) is 8. The van der Waals surface area contributed by atoms with Gasteiger partial charge in [0.05, 0.1) is 26.4 Å². The van der Waals surface area contributed by atoms with E-state index in [4.69, 9.17) is 0 Å². The topological polar surface area (TPSA) is 105 Å². The SMILES string of the molecule is CP(=O)(F)OCCCOP(=O)(F)F.O=P(F)(F)OCCOP(=O)(F)F. The van der Waals surface area contributed by atoms with Gasteiger partial charge in [-0.2, -0.15) is 4.20 Å². The molecule has 0 aliphatic carbocycles. The molecule has 0 fully saturated rings. The Hall–Kier alpha value is 0.270. The van der Waals surface area contributed by atoms with Gasteiger partial charge in [0.15, 0.2) is 0 Å². The van der Waals surface area contributed by atoms with Crippen molar-refractivity contribution in [2.24, 2.45) is 0 Å². The molecule has 0 bridgehead atoms. The van der Waals surface area contributed by atoms with Gasteiger partial charge in [0.2, 0.25) is 0 Å². The van der Waals surface area contributed by atoms with Crippen LogP contribution in [0.5, 0.6) is 0 Å². The monoisotopic (exact) mass is 470 g/mol. The molecular weight excluding hydrogens is 457 g/mol. The van der Waals surface area contributed by atoms with Crippen LogP contribution in [0.3, 0.4) is 0 Å². The predicted octanol–water partition coefficient (Wildman–Crippen LogP) is 6.36. The summed E-state index contributed by atoms with van der Waals surface area (Å²) in [6.07, 6.45) is -0.0976. The van der Waals surface area contributed by atoms with E-state index in [9.17, 15) is 47.6 Å². The Bertz CT molecular complexity index is 503. The summed E-state index contributed by atoms with van der Waals surface area (Å²) in [7, 11) is -20.8. The minimum atomic E-state index is -5.66. The largest absolute Gasteiger partial charge is 0.552 e. The van der Waals surface area contributed by atoms with Crippen LogP contribution in [0.15, 0.2) is 0 Å². The van der Waals surface area contributed by atoms with Crippen molar-refractivity contribution in [2.75, 3.05) is 33.1 Å². The Morgan fingerprint density at radius 1 is 0.560 bits per heavy atom. The van der Waals surface area contributed by atoms with Crippen LogP contribution in [0, 0.1) is 0 Å². The van der Waals surface area contributed by atoms with Crippen LogP contribution in [0.25, 0.3) is 0 Å². The normalized spacial score (nSPS) is 15.2. The van der Waals surface area contributed by atoms with E-state index < -0.39 is 51.5 Å². The van der Waals surface area contributed by atoms with E-state index in [-0.39, 0.29) is 13.0 Å². The fraction of sp³-hybridized carbons (Fsp3) is 1.00. The van der Waals surface area contributed by atoms with E-state index in [1.807, 2.05) is 0 Å². The Labute approximate surface area is 138 Å². The third-order valence-corrected chi connectivity index (χ3v) is 3.51. The van der Waals surface area contributed by atoms with Crippen molar-refractivity contribution in [2.45, 2.75) is 6.42 Å². The highest BCUT2D eigenvalue weighted by atomic mass is 31.2. The molecule has 0 saturated heterocycles. The molecule has 0 aromatic heterocycles. The van der Waals surface area contributed by atoms with Crippen molar-refractivity contribution in [3.8, 4) is 0 Å². The van der Waals surface area contributed by atoms with Crippen LogP contribution >= 0.6 is 31.7 Å². The van der Waals surface area contributed by atoms with E-state index >= 15 is 0 Å². The van der Waals surface area contributed by atoms with Gasteiger partial charge in [-0.05, 0) is 6.42 Å². The van der Waals surface area contributed by atoms with Crippen molar-refractivity contribution in [3.05, 3.63) is 0 Å². The molecule has 0 heterocycles.